The van der Waals surface area contributed by atoms with Gasteiger partial charge >= 0.3 is 0 Å². The van der Waals surface area contributed by atoms with Gasteiger partial charge in [-0.3, -0.25) is 5.43 Å². The van der Waals surface area contributed by atoms with Crippen LogP contribution in [0, 0.1) is 6.92 Å². The van der Waals surface area contributed by atoms with Crippen molar-refractivity contribution < 1.29 is 0 Å². The summed E-state index contributed by atoms with van der Waals surface area (Å²) < 4.78 is 0. The molecule has 0 aromatic heterocycles. The summed E-state index contributed by atoms with van der Waals surface area (Å²) in [5.74, 6) is 5.23. The van der Waals surface area contributed by atoms with Crippen LogP contribution in [0.25, 0.3) is 0 Å². The molecule has 0 saturated heterocycles. The maximum atomic E-state index is 5.88. The standard InChI is InChI=1S/C8H11ClN4.HI/c1-5-6(9)3-2-4-7(5)12-8(10)13-11;/h2-4H,11H2,1H3,(H3,10,12,13);1H. The largest absolute Gasteiger partial charge is 0.369 e. The van der Waals surface area contributed by atoms with Crippen molar-refractivity contribution in [2.75, 3.05) is 0 Å². The summed E-state index contributed by atoms with van der Waals surface area (Å²) in [7, 11) is 0. The van der Waals surface area contributed by atoms with Crippen molar-refractivity contribution in [3.8, 4) is 0 Å². The van der Waals surface area contributed by atoms with E-state index in [0.29, 0.717) is 10.7 Å². The summed E-state index contributed by atoms with van der Waals surface area (Å²) in [5, 5.41) is 0.658. The van der Waals surface area contributed by atoms with Crippen LogP contribution in [-0.4, -0.2) is 5.96 Å². The second kappa shape index (κ2) is 6.05. The molecule has 0 radical (unpaired) electrons. The Bertz CT molecular complexity index is 340. The van der Waals surface area contributed by atoms with Crippen molar-refractivity contribution >= 4 is 47.2 Å². The van der Waals surface area contributed by atoms with Crippen LogP contribution in [0.4, 0.5) is 5.69 Å². The molecule has 1 aromatic rings. The molecule has 78 valence electrons. The van der Waals surface area contributed by atoms with Gasteiger partial charge in [-0.1, -0.05) is 17.7 Å². The van der Waals surface area contributed by atoms with Crippen LogP contribution in [-0.2, 0) is 0 Å². The molecule has 1 rings (SSSR count). The van der Waals surface area contributed by atoms with Gasteiger partial charge in [-0.15, -0.1) is 24.0 Å². The van der Waals surface area contributed by atoms with Crippen molar-refractivity contribution in [2.24, 2.45) is 16.6 Å². The lowest BCUT2D eigenvalue weighted by Gasteiger charge is -2.03. The molecule has 0 aliphatic heterocycles. The minimum absolute atomic E-state index is 0. The Kier molecular flexibility index (Phi) is 5.82. The average Bonchev–Trinajstić information content (AvgIpc) is 2.13. The van der Waals surface area contributed by atoms with Gasteiger partial charge in [0.2, 0.25) is 5.96 Å². The smallest absolute Gasteiger partial charge is 0.208 e. The number of nitrogens with zero attached hydrogens (tertiary/aromatic N) is 1. The number of hydrogen-bond acceptors (Lipinski definition) is 2. The third-order valence-corrected chi connectivity index (χ3v) is 2.04. The molecule has 0 atom stereocenters. The number of nitrogens with one attached hydrogen (secondary N) is 1. The van der Waals surface area contributed by atoms with Gasteiger partial charge < -0.3 is 5.73 Å². The number of nitrogens with two attached hydrogens (primary N) is 2. The molecule has 0 saturated carbocycles. The molecule has 0 aliphatic rings. The number of hydrogen-bond donors (Lipinski definition) is 3. The molecule has 0 spiro atoms. The molecule has 0 bridgehead atoms. The topological polar surface area (TPSA) is 76.4 Å². The molecule has 14 heavy (non-hydrogen) atoms. The molecule has 4 nitrogen and oxygen atoms in total. The quantitative estimate of drug-likeness (QED) is 0.242. The van der Waals surface area contributed by atoms with Crippen LogP contribution in [0.15, 0.2) is 23.2 Å². The molecule has 0 amide bonds. The first-order valence-electron chi connectivity index (χ1n) is 3.71. The van der Waals surface area contributed by atoms with Crippen LogP contribution in [0.1, 0.15) is 5.56 Å². The highest BCUT2D eigenvalue weighted by Gasteiger charge is 2.00. The van der Waals surface area contributed by atoms with Gasteiger partial charge in [-0.25, -0.2) is 10.8 Å². The van der Waals surface area contributed by atoms with E-state index in [-0.39, 0.29) is 29.9 Å². The fraction of sp³-hybridized carbons (Fsp3) is 0.125. The van der Waals surface area contributed by atoms with Gasteiger partial charge in [0.25, 0.3) is 0 Å². The van der Waals surface area contributed by atoms with Crippen molar-refractivity contribution in [1.82, 2.24) is 5.43 Å². The number of benzene rings is 1. The van der Waals surface area contributed by atoms with E-state index in [1.165, 1.54) is 0 Å². The number of guanidine groups is 1. The van der Waals surface area contributed by atoms with Gasteiger partial charge in [0.05, 0.1) is 5.69 Å². The fourth-order valence-electron chi connectivity index (χ4n) is 0.879. The third kappa shape index (κ3) is 3.32. The van der Waals surface area contributed by atoms with E-state index < -0.39 is 0 Å². The van der Waals surface area contributed by atoms with Gasteiger partial charge in [-0.05, 0) is 24.6 Å². The highest BCUT2D eigenvalue weighted by Crippen LogP contribution is 2.24. The number of aliphatic imine (C=N–C) groups is 1. The van der Waals surface area contributed by atoms with Crippen LogP contribution in [0.3, 0.4) is 0 Å². The summed E-state index contributed by atoms with van der Waals surface area (Å²) in [6.45, 7) is 1.87. The van der Waals surface area contributed by atoms with Crippen molar-refractivity contribution in [3.05, 3.63) is 28.8 Å². The zero-order valence-corrected chi connectivity index (χ0v) is 10.7. The Hall–Kier alpha value is -0.530. The maximum absolute atomic E-state index is 5.88. The molecular formula is C8H12ClIN4. The Morgan fingerprint density at radius 1 is 1.50 bits per heavy atom. The Balaban J connectivity index is 0.00000169. The Labute approximate surface area is 105 Å². The lowest BCUT2D eigenvalue weighted by molar-refractivity contribution is 1.01. The SMILES string of the molecule is Cc1c(Cl)cccc1N=C(N)NN.I. The second-order valence-electron chi connectivity index (χ2n) is 2.53. The number of rotatable bonds is 1. The van der Waals surface area contributed by atoms with E-state index in [1.54, 1.807) is 12.1 Å². The van der Waals surface area contributed by atoms with E-state index in [1.807, 2.05) is 13.0 Å². The predicted molar refractivity (Wildman–Crippen MR) is 70.2 cm³/mol. The monoisotopic (exact) mass is 326 g/mol. The summed E-state index contributed by atoms with van der Waals surface area (Å²) in [5.41, 5.74) is 9.23. The summed E-state index contributed by atoms with van der Waals surface area (Å²) >= 11 is 5.88. The fourth-order valence-corrected chi connectivity index (χ4v) is 1.05. The van der Waals surface area contributed by atoms with E-state index >= 15 is 0 Å². The van der Waals surface area contributed by atoms with Crippen molar-refractivity contribution in [2.45, 2.75) is 6.92 Å². The first-order valence-corrected chi connectivity index (χ1v) is 4.09. The van der Waals surface area contributed by atoms with Crippen LogP contribution in [0.2, 0.25) is 5.02 Å². The van der Waals surface area contributed by atoms with E-state index in [2.05, 4.69) is 10.4 Å². The minimum atomic E-state index is 0. The molecule has 0 aliphatic carbocycles. The molecule has 1 aromatic carbocycles. The summed E-state index contributed by atoms with van der Waals surface area (Å²) in [4.78, 5) is 4.01. The van der Waals surface area contributed by atoms with Gasteiger partial charge in [0, 0.05) is 5.02 Å². The predicted octanol–water partition coefficient (Wildman–Crippen LogP) is 1.68. The molecular weight excluding hydrogens is 314 g/mol. The number of halogens is 2. The van der Waals surface area contributed by atoms with Crippen molar-refractivity contribution in [3.63, 3.8) is 0 Å². The highest BCUT2D eigenvalue weighted by atomic mass is 127. The van der Waals surface area contributed by atoms with Crippen LogP contribution >= 0.6 is 35.6 Å². The first-order chi connectivity index (χ1) is 6.15. The van der Waals surface area contributed by atoms with E-state index in [0.717, 1.165) is 5.56 Å². The van der Waals surface area contributed by atoms with Gasteiger partial charge in [0.1, 0.15) is 0 Å². The number of hydrazine groups is 1. The van der Waals surface area contributed by atoms with Crippen LogP contribution in [0.5, 0.6) is 0 Å². The Morgan fingerprint density at radius 2 is 2.14 bits per heavy atom. The lowest BCUT2D eigenvalue weighted by atomic mass is 10.2. The first kappa shape index (κ1) is 13.5. The summed E-state index contributed by atoms with van der Waals surface area (Å²) in [6.07, 6.45) is 0. The van der Waals surface area contributed by atoms with Crippen LogP contribution < -0.4 is 17.0 Å². The molecule has 0 heterocycles. The molecule has 0 fully saturated rings. The minimum Gasteiger partial charge on any atom is -0.369 e. The molecule has 0 unspecified atom stereocenters. The normalized spacial score (nSPS) is 10.6. The van der Waals surface area contributed by atoms with Gasteiger partial charge in [0.15, 0.2) is 0 Å². The third-order valence-electron chi connectivity index (χ3n) is 1.63. The average molecular weight is 327 g/mol. The maximum Gasteiger partial charge on any atom is 0.208 e. The second-order valence-corrected chi connectivity index (χ2v) is 2.93. The van der Waals surface area contributed by atoms with E-state index in [9.17, 15) is 0 Å². The molecule has 6 heteroatoms. The zero-order chi connectivity index (χ0) is 9.84. The lowest BCUT2D eigenvalue weighted by Crippen LogP contribution is -2.36. The zero-order valence-electron chi connectivity index (χ0n) is 7.62. The molecule has 5 N–H and O–H groups in total. The highest BCUT2D eigenvalue weighted by molar-refractivity contribution is 14.0. The van der Waals surface area contributed by atoms with E-state index in [4.69, 9.17) is 23.2 Å². The van der Waals surface area contributed by atoms with Crippen molar-refractivity contribution in [1.29, 1.82) is 0 Å². The Morgan fingerprint density at radius 3 is 2.71 bits per heavy atom. The summed E-state index contributed by atoms with van der Waals surface area (Å²) in [6, 6.07) is 5.41. The van der Waals surface area contributed by atoms with Gasteiger partial charge in [-0.2, -0.15) is 0 Å².